The predicted octanol–water partition coefficient (Wildman–Crippen LogP) is 19.0. The molecule has 2 aliphatic carbocycles. The summed E-state index contributed by atoms with van der Waals surface area (Å²) in [5.74, 6) is 0. The van der Waals surface area contributed by atoms with Gasteiger partial charge < -0.3 is 13.9 Å². The topological polar surface area (TPSA) is 21.3 Å². The van der Waals surface area contributed by atoms with E-state index in [0.29, 0.717) is 0 Å². The zero-order chi connectivity index (χ0) is 48.5. The molecule has 0 saturated carbocycles. The first-order chi connectivity index (χ1) is 36.7. The molecular weight excluding hydrogens is 897 g/mol. The Morgan fingerprint density at radius 1 is 0.338 bits per heavy atom. The molecule has 16 rings (SSSR count). The Morgan fingerprint density at radius 2 is 0.892 bits per heavy atom. The number of fused-ring (bicyclic) bond motifs is 18. The quantitative estimate of drug-likeness (QED) is 0.166. The third-order valence-electron chi connectivity index (χ3n) is 16.2. The summed E-state index contributed by atoms with van der Waals surface area (Å²) in [6.07, 6.45) is 0. The van der Waals surface area contributed by atoms with Crippen molar-refractivity contribution in [1.29, 1.82) is 0 Å². The summed E-state index contributed by atoms with van der Waals surface area (Å²) in [4.78, 5) is 2.48. The molecule has 0 radical (unpaired) electrons. The molecule has 3 nitrogen and oxygen atoms in total. The fourth-order valence-electron chi connectivity index (χ4n) is 13.2. The summed E-state index contributed by atoms with van der Waals surface area (Å²) >= 11 is 0. The molecule has 12 aromatic carbocycles. The lowest BCUT2D eigenvalue weighted by molar-refractivity contribution is 0.673. The molecule has 0 amide bonds. The van der Waals surface area contributed by atoms with Crippen LogP contribution in [0.5, 0.6) is 0 Å². The van der Waals surface area contributed by atoms with Gasteiger partial charge in [-0.3, -0.25) is 0 Å². The van der Waals surface area contributed by atoms with Gasteiger partial charge in [0, 0.05) is 49.6 Å². The van der Waals surface area contributed by atoms with Crippen molar-refractivity contribution < 1.29 is 4.42 Å². The normalized spacial score (nSPS) is 13.0. The van der Waals surface area contributed by atoms with Gasteiger partial charge in [0.15, 0.2) is 0 Å². The molecule has 0 aliphatic heterocycles. The third kappa shape index (κ3) is 5.66. The van der Waals surface area contributed by atoms with Gasteiger partial charge >= 0.3 is 0 Å². The average Bonchev–Trinajstić information content (AvgIpc) is 4.20. The fourth-order valence-corrected chi connectivity index (χ4v) is 13.2. The van der Waals surface area contributed by atoms with Gasteiger partial charge in [0.05, 0.1) is 22.1 Å². The predicted molar refractivity (Wildman–Crippen MR) is 307 cm³/mol. The van der Waals surface area contributed by atoms with Crippen LogP contribution in [0, 0.1) is 0 Å². The summed E-state index contributed by atoms with van der Waals surface area (Å²) in [6, 6.07) is 98.4. The maximum absolute atomic E-state index is 6.80. The van der Waals surface area contributed by atoms with Crippen LogP contribution in [-0.2, 0) is 5.41 Å². The van der Waals surface area contributed by atoms with Crippen LogP contribution in [0.1, 0.15) is 22.3 Å². The standard InChI is InChI=1S/C71H44N2O/c1-2-20-51-46(17-1)37-41-60-69-59(27-16-34-68(69)74-70(51)60)58-26-8-12-31-65(58)72(48-38-35-45(36-39-48)47-18-15-19-49(43-47)73-66-32-13-6-24-56(66)57-25-7-14-33-67(57)73)50-40-42-55-54-23-5-11-30-63(54)71(64(55)44-50)61-28-9-3-21-52(61)53-22-4-10-29-62(53)71/h1-44H. The summed E-state index contributed by atoms with van der Waals surface area (Å²) < 4.78 is 9.20. The van der Waals surface area contributed by atoms with Gasteiger partial charge in [-0.1, -0.05) is 200 Å². The van der Waals surface area contributed by atoms with Crippen molar-refractivity contribution >= 4 is 71.6 Å². The first-order valence-corrected chi connectivity index (χ1v) is 25.6. The number of benzene rings is 12. The molecule has 2 heterocycles. The summed E-state index contributed by atoms with van der Waals surface area (Å²) in [5.41, 5.74) is 23.0. The number of hydrogen-bond donors (Lipinski definition) is 0. The highest BCUT2D eigenvalue weighted by Crippen LogP contribution is 2.63. The Bertz CT molecular complexity index is 4510. The van der Waals surface area contributed by atoms with E-state index in [2.05, 4.69) is 276 Å². The van der Waals surface area contributed by atoms with Gasteiger partial charge in [0.25, 0.3) is 0 Å². The van der Waals surface area contributed by atoms with Gasteiger partial charge in [0.1, 0.15) is 11.2 Å². The fraction of sp³-hybridized carbons (Fsp3) is 0.0141. The molecule has 0 unspecified atom stereocenters. The van der Waals surface area contributed by atoms with E-state index in [9.17, 15) is 0 Å². The first-order valence-electron chi connectivity index (χ1n) is 25.6. The molecule has 344 valence electrons. The Balaban J connectivity index is 0.908. The van der Waals surface area contributed by atoms with E-state index in [0.717, 1.165) is 77.7 Å². The van der Waals surface area contributed by atoms with Crippen LogP contribution < -0.4 is 4.90 Å². The maximum atomic E-state index is 6.80. The van der Waals surface area contributed by atoms with Gasteiger partial charge in [-0.2, -0.15) is 0 Å². The average molecular weight is 941 g/mol. The maximum Gasteiger partial charge on any atom is 0.143 e. The van der Waals surface area contributed by atoms with Gasteiger partial charge in [-0.05, 0) is 133 Å². The minimum Gasteiger partial charge on any atom is -0.455 e. The van der Waals surface area contributed by atoms with Crippen molar-refractivity contribution in [3.8, 4) is 50.2 Å². The number of aromatic nitrogens is 1. The molecule has 14 aromatic rings. The monoisotopic (exact) mass is 940 g/mol. The van der Waals surface area contributed by atoms with Crippen molar-refractivity contribution in [2.75, 3.05) is 4.90 Å². The Labute approximate surface area is 428 Å². The molecule has 74 heavy (non-hydrogen) atoms. The Hall–Kier alpha value is -9.70. The second-order valence-corrected chi connectivity index (χ2v) is 19.9. The van der Waals surface area contributed by atoms with Gasteiger partial charge in [-0.15, -0.1) is 0 Å². The number of furan rings is 1. The van der Waals surface area contributed by atoms with E-state index in [1.807, 2.05) is 0 Å². The molecule has 2 aromatic heterocycles. The van der Waals surface area contributed by atoms with Gasteiger partial charge in [-0.25, -0.2) is 0 Å². The van der Waals surface area contributed by atoms with Crippen LogP contribution in [-0.4, -0.2) is 4.57 Å². The zero-order valence-electron chi connectivity index (χ0n) is 40.2. The lowest BCUT2D eigenvalue weighted by atomic mass is 9.70. The number of anilines is 3. The van der Waals surface area contributed by atoms with Gasteiger partial charge in [0.2, 0.25) is 0 Å². The highest BCUT2D eigenvalue weighted by Gasteiger charge is 2.51. The summed E-state index contributed by atoms with van der Waals surface area (Å²) in [6.45, 7) is 0. The SMILES string of the molecule is c1cc(-c2ccc(N(c3ccc4c(c3)C3(c5ccccc5-c5ccccc53)c3ccccc3-4)c3ccccc3-c3cccc4oc5c6ccccc6ccc5c34)cc2)cc(-n2c3ccccc3c3ccccc32)c1. The van der Waals surface area contributed by atoms with Crippen LogP contribution in [0.15, 0.2) is 271 Å². The van der Waals surface area contributed by atoms with E-state index in [4.69, 9.17) is 4.42 Å². The molecule has 0 N–H and O–H groups in total. The largest absolute Gasteiger partial charge is 0.455 e. The Morgan fingerprint density at radius 3 is 1.59 bits per heavy atom. The molecule has 0 atom stereocenters. The highest BCUT2D eigenvalue weighted by molar-refractivity contribution is 6.20. The van der Waals surface area contributed by atoms with Crippen LogP contribution in [0.25, 0.3) is 105 Å². The molecule has 0 saturated heterocycles. The van der Waals surface area contributed by atoms with E-state index in [-0.39, 0.29) is 0 Å². The molecular formula is C71H44N2O. The van der Waals surface area contributed by atoms with Crippen molar-refractivity contribution in [3.05, 3.63) is 289 Å². The van der Waals surface area contributed by atoms with E-state index < -0.39 is 5.41 Å². The molecule has 0 bridgehead atoms. The lowest BCUT2D eigenvalue weighted by Gasteiger charge is -2.32. The van der Waals surface area contributed by atoms with Crippen molar-refractivity contribution in [2.45, 2.75) is 5.41 Å². The minimum atomic E-state index is -0.490. The van der Waals surface area contributed by atoms with E-state index >= 15 is 0 Å². The van der Waals surface area contributed by atoms with Crippen LogP contribution >= 0.6 is 0 Å². The Kier molecular flexibility index (Phi) is 8.66. The first kappa shape index (κ1) is 41.0. The second kappa shape index (κ2) is 15.6. The second-order valence-electron chi connectivity index (χ2n) is 19.9. The van der Waals surface area contributed by atoms with E-state index in [1.165, 1.54) is 66.3 Å². The molecule has 3 heteroatoms. The van der Waals surface area contributed by atoms with Crippen LogP contribution in [0.4, 0.5) is 17.1 Å². The number of para-hydroxylation sites is 3. The summed E-state index contributed by atoms with van der Waals surface area (Å²) in [7, 11) is 0. The van der Waals surface area contributed by atoms with Crippen LogP contribution in [0.3, 0.4) is 0 Å². The van der Waals surface area contributed by atoms with Crippen LogP contribution in [0.2, 0.25) is 0 Å². The highest BCUT2D eigenvalue weighted by atomic mass is 16.3. The number of nitrogens with zero attached hydrogens (tertiary/aromatic N) is 2. The van der Waals surface area contributed by atoms with Crippen molar-refractivity contribution in [1.82, 2.24) is 4.57 Å². The number of hydrogen-bond acceptors (Lipinski definition) is 2. The van der Waals surface area contributed by atoms with Crippen molar-refractivity contribution in [3.63, 3.8) is 0 Å². The van der Waals surface area contributed by atoms with E-state index in [1.54, 1.807) is 0 Å². The zero-order valence-corrected chi connectivity index (χ0v) is 40.2. The molecule has 0 fully saturated rings. The summed E-state index contributed by atoms with van der Waals surface area (Å²) in [5, 5.41) is 7.02. The molecule has 1 spiro atoms. The third-order valence-corrected chi connectivity index (χ3v) is 16.2. The van der Waals surface area contributed by atoms with Crippen molar-refractivity contribution in [2.24, 2.45) is 0 Å². The lowest BCUT2D eigenvalue weighted by Crippen LogP contribution is -2.26. The number of rotatable bonds is 6. The molecule has 2 aliphatic rings. The minimum absolute atomic E-state index is 0.490. The smallest absolute Gasteiger partial charge is 0.143 e.